The lowest BCUT2D eigenvalue weighted by Crippen LogP contribution is -2.11. The van der Waals surface area contributed by atoms with Gasteiger partial charge in [0.15, 0.2) is 0 Å². The average molecular weight is 365 g/mol. The molecule has 0 aromatic heterocycles. The molecule has 0 atom stereocenters. The zero-order chi connectivity index (χ0) is 13.1. The summed E-state index contributed by atoms with van der Waals surface area (Å²) in [6.45, 7) is 7.86. The molecule has 0 heterocycles. The van der Waals surface area contributed by atoms with Gasteiger partial charge in [-0.05, 0) is 61.4 Å². The molecular weight excluding hydrogens is 346 g/mol. The quantitative estimate of drug-likeness (QED) is 0.854. The summed E-state index contributed by atoms with van der Waals surface area (Å²) in [6, 6.07) is 3.99. The molecule has 0 aliphatic heterocycles. The van der Waals surface area contributed by atoms with E-state index in [4.69, 9.17) is 10.5 Å². The molecule has 0 aliphatic carbocycles. The van der Waals surface area contributed by atoms with E-state index in [1.165, 1.54) is 0 Å². The molecule has 96 valence electrons. The highest BCUT2D eigenvalue weighted by molar-refractivity contribution is 9.11. The Morgan fingerprint density at radius 2 is 1.71 bits per heavy atom. The lowest BCUT2D eigenvalue weighted by Gasteiger charge is -2.19. The van der Waals surface area contributed by atoms with E-state index in [-0.39, 0.29) is 5.41 Å². The summed E-state index contributed by atoms with van der Waals surface area (Å²) in [5, 5.41) is 0. The SMILES string of the molecule is CC(C)(C)CCOc1c(Br)cc(CN)cc1Br. The molecule has 1 aromatic rings. The van der Waals surface area contributed by atoms with Crippen LogP contribution in [0.4, 0.5) is 0 Å². The van der Waals surface area contributed by atoms with Gasteiger partial charge in [0.25, 0.3) is 0 Å². The van der Waals surface area contributed by atoms with Crippen LogP contribution in [0, 0.1) is 5.41 Å². The van der Waals surface area contributed by atoms with E-state index in [2.05, 4.69) is 52.6 Å². The normalized spacial score (nSPS) is 11.6. The van der Waals surface area contributed by atoms with Crippen LogP contribution < -0.4 is 10.5 Å². The maximum absolute atomic E-state index is 5.81. The minimum absolute atomic E-state index is 0.288. The third-order valence-electron chi connectivity index (χ3n) is 2.39. The molecule has 0 radical (unpaired) electrons. The number of hydrogen-bond acceptors (Lipinski definition) is 2. The number of rotatable bonds is 4. The third kappa shape index (κ3) is 4.98. The van der Waals surface area contributed by atoms with Crippen molar-refractivity contribution in [2.45, 2.75) is 33.7 Å². The Hall–Kier alpha value is -0.0600. The van der Waals surface area contributed by atoms with Crippen LogP contribution >= 0.6 is 31.9 Å². The van der Waals surface area contributed by atoms with Crippen molar-refractivity contribution in [3.63, 3.8) is 0 Å². The van der Waals surface area contributed by atoms with Crippen LogP contribution in [-0.4, -0.2) is 6.61 Å². The first-order valence-electron chi connectivity index (χ1n) is 5.64. The van der Waals surface area contributed by atoms with Crippen molar-refractivity contribution in [1.29, 1.82) is 0 Å². The van der Waals surface area contributed by atoms with Gasteiger partial charge >= 0.3 is 0 Å². The van der Waals surface area contributed by atoms with Crippen molar-refractivity contribution in [2.75, 3.05) is 6.61 Å². The van der Waals surface area contributed by atoms with Gasteiger partial charge in [-0.1, -0.05) is 20.8 Å². The molecule has 0 saturated carbocycles. The maximum atomic E-state index is 5.81. The van der Waals surface area contributed by atoms with E-state index >= 15 is 0 Å². The predicted molar refractivity (Wildman–Crippen MR) is 79.3 cm³/mol. The molecule has 4 heteroatoms. The fourth-order valence-corrected chi connectivity index (χ4v) is 2.84. The Labute approximate surface area is 120 Å². The molecule has 0 saturated heterocycles. The van der Waals surface area contributed by atoms with Crippen LogP contribution in [0.5, 0.6) is 5.75 Å². The van der Waals surface area contributed by atoms with E-state index in [0.29, 0.717) is 13.2 Å². The number of ether oxygens (including phenoxy) is 1. The Bertz CT molecular complexity index is 362. The second kappa shape index (κ2) is 6.21. The third-order valence-corrected chi connectivity index (χ3v) is 3.57. The molecule has 17 heavy (non-hydrogen) atoms. The molecule has 0 fully saturated rings. The zero-order valence-corrected chi connectivity index (χ0v) is 13.7. The smallest absolute Gasteiger partial charge is 0.147 e. The molecule has 0 unspecified atom stereocenters. The summed E-state index contributed by atoms with van der Waals surface area (Å²) in [5.41, 5.74) is 6.98. The Kier molecular flexibility index (Phi) is 5.48. The minimum Gasteiger partial charge on any atom is -0.491 e. The van der Waals surface area contributed by atoms with E-state index in [0.717, 1.165) is 26.7 Å². The summed E-state index contributed by atoms with van der Waals surface area (Å²) in [6.07, 6.45) is 1.02. The second-order valence-corrected chi connectivity index (χ2v) is 6.96. The molecule has 0 amide bonds. The molecular formula is C13H19Br2NO. The Balaban J connectivity index is 2.72. The summed E-state index contributed by atoms with van der Waals surface area (Å²) >= 11 is 7.02. The maximum Gasteiger partial charge on any atom is 0.147 e. The lowest BCUT2D eigenvalue weighted by atomic mass is 9.93. The summed E-state index contributed by atoms with van der Waals surface area (Å²) in [7, 11) is 0. The second-order valence-electron chi connectivity index (χ2n) is 5.25. The van der Waals surface area contributed by atoms with E-state index < -0.39 is 0 Å². The highest BCUT2D eigenvalue weighted by atomic mass is 79.9. The van der Waals surface area contributed by atoms with Crippen molar-refractivity contribution >= 4 is 31.9 Å². The first-order valence-corrected chi connectivity index (χ1v) is 7.23. The van der Waals surface area contributed by atoms with Gasteiger partial charge in [0.05, 0.1) is 15.6 Å². The van der Waals surface area contributed by atoms with Crippen molar-refractivity contribution in [1.82, 2.24) is 0 Å². The summed E-state index contributed by atoms with van der Waals surface area (Å²) < 4.78 is 7.70. The molecule has 2 N–H and O–H groups in total. The van der Waals surface area contributed by atoms with Gasteiger partial charge in [-0.3, -0.25) is 0 Å². The molecule has 0 bridgehead atoms. The van der Waals surface area contributed by atoms with Crippen LogP contribution in [0.3, 0.4) is 0 Å². The highest BCUT2D eigenvalue weighted by Gasteiger charge is 2.12. The van der Waals surface area contributed by atoms with E-state index in [9.17, 15) is 0 Å². The number of nitrogens with two attached hydrogens (primary N) is 1. The molecule has 1 aromatic carbocycles. The lowest BCUT2D eigenvalue weighted by molar-refractivity contribution is 0.241. The number of benzene rings is 1. The standard InChI is InChI=1S/C13H19Br2NO/c1-13(2,3)4-5-17-12-10(14)6-9(8-16)7-11(12)15/h6-7H,4-5,8,16H2,1-3H3. The predicted octanol–water partition coefficient (Wildman–Crippen LogP) is 4.49. The monoisotopic (exact) mass is 363 g/mol. The van der Waals surface area contributed by atoms with Gasteiger partial charge in [-0.25, -0.2) is 0 Å². The molecule has 0 spiro atoms. The van der Waals surface area contributed by atoms with Gasteiger partial charge in [0, 0.05) is 6.54 Å². The van der Waals surface area contributed by atoms with Crippen molar-refractivity contribution in [3.05, 3.63) is 26.6 Å². The van der Waals surface area contributed by atoms with E-state index in [1.54, 1.807) is 0 Å². The van der Waals surface area contributed by atoms with Crippen molar-refractivity contribution in [2.24, 2.45) is 11.1 Å². The van der Waals surface area contributed by atoms with Gasteiger partial charge in [-0.2, -0.15) is 0 Å². The summed E-state index contributed by atoms with van der Waals surface area (Å²) in [4.78, 5) is 0. The van der Waals surface area contributed by atoms with Crippen molar-refractivity contribution < 1.29 is 4.74 Å². The molecule has 2 nitrogen and oxygen atoms in total. The van der Waals surface area contributed by atoms with Crippen LogP contribution in [0.15, 0.2) is 21.1 Å². The van der Waals surface area contributed by atoms with Crippen LogP contribution in [0.1, 0.15) is 32.8 Å². The zero-order valence-electron chi connectivity index (χ0n) is 10.5. The minimum atomic E-state index is 0.288. The number of hydrogen-bond donors (Lipinski definition) is 1. The van der Waals surface area contributed by atoms with Gasteiger partial charge in [0.2, 0.25) is 0 Å². The summed E-state index contributed by atoms with van der Waals surface area (Å²) in [5.74, 6) is 0.853. The fraction of sp³-hybridized carbons (Fsp3) is 0.538. The van der Waals surface area contributed by atoms with Gasteiger partial charge < -0.3 is 10.5 Å². The fourth-order valence-electron chi connectivity index (χ4n) is 1.33. The molecule has 0 aliphatic rings. The highest BCUT2D eigenvalue weighted by Crippen LogP contribution is 2.35. The van der Waals surface area contributed by atoms with Crippen molar-refractivity contribution in [3.8, 4) is 5.75 Å². The Morgan fingerprint density at radius 3 is 2.12 bits per heavy atom. The first-order chi connectivity index (χ1) is 7.83. The Morgan fingerprint density at radius 1 is 1.18 bits per heavy atom. The average Bonchev–Trinajstić information content (AvgIpc) is 2.20. The van der Waals surface area contributed by atoms with E-state index in [1.807, 2.05) is 12.1 Å². The van der Waals surface area contributed by atoms with Gasteiger partial charge in [-0.15, -0.1) is 0 Å². The van der Waals surface area contributed by atoms with Crippen LogP contribution in [0.25, 0.3) is 0 Å². The first kappa shape index (κ1) is 15.0. The topological polar surface area (TPSA) is 35.2 Å². The van der Waals surface area contributed by atoms with Crippen LogP contribution in [-0.2, 0) is 6.54 Å². The molecule has 1 rings (SSSR count). The van der Waals surface area contributed by atoms with Gasteiger partial charge in [0.1, 0.15) is 5.75 Å². The van der Waals surface area contributed by atoms with Crippen LogP contribution in [0.2, 0.25) is 0 Å². The largest absolute Gasteiger partial charge is 0.491 e. The number of halogens is 2.